The van der Waals surface area contributed by atoms with Crippen molar-refractivity contribution in [1.29, 1.82) is 0 Å². The molecule has 0 spiro atoms. The highest BCUT2D eigenvalue weighted by molar-refractivity contribution is 5.77. The number of ether oxygens (including phenoxy) is 2. The normalized spacial score (nSPS) is 18.9. The number of carbonyl (C=O) groups is 1. The Morgan fingerprint density at radius 2 is 1.83 bits per heavy atom. The van der Waals surface area contributed by atoms with Gasteiger partial charge in [0.15, 0.2) is 24.1 Å². The summed E-state index contributed by atoms with van der Waals surface area (Å²) in [7, 11) is 0. The third kappa shape index (κ3) is 4.84. The van der Waals surface area contributed by atoms with Crippen molar-refractivity contribution in [2.75, 3.05) is 57.3 Å². The second-order valence-electron chi connectivity index (χ2n) is 7.82. The lowest BCUT2D eigenvalue weighted by Crippen LogP contribution is -3.16. The predicted octanol–water partition coefficient (Wildman–Crippen LogP) is 1.22. The molecule has 1 amide bonds. The third-order valence-electron chi connectivity index (χ3n) is 5.79. The lowest BCUT2D eigenvalue weighted by Gasteiger charge is -2.35. The Hall–Kier alpha value is -2.80. The van der Waals surface area contributed by atoms with Crippen molar-refractivity contribution < 1.29 is 23.6 Å². The maximum Gasteiger partial charge on any atom is 0.277 e. The van der Waals surface area contributed by atoms with Gasteiger partial charge >= 0.3 is 0 Å². The van der Waals surface area contributed by atoms with Crippen molar-refractivity contribution in [2.24, 2.45) is 0 Å². The highest BCUT2D eigenvalue weighted by Crippen LogP contribution is 2.31. The van der Waals surface area contributed by atoms with Crippen LogP contribution in [0.15, 0.2) is 48.5 Å². The number of carbonyl (C=O) groups excluding carboxylic acids is 1. The van der Waals surface area contributed by atoms with E-state index in [-0.39, 0.29) is 17.8 Å². The lowest BCUT2D eigenvalue weighted by molar-refractivity contribution is -0.892. The number of likely N-dealkylation sites (N-methyl/N-ethyl adjacent to an activating group) is 1. The average molecular weight is 415 g/mol. The van der Waals surface area contributed by atoms with Gasteiger partial charge in [-0.05, 0) is 43.3 Å². The summed E-state index contributed by atoms with van der Waals surface area (Å²) in [6, 6.07) is 14.2. The molecule has 160 valence electrons. The van der Waals surface area contributed by atoms with Crippen LogP contribution in [0.1, 0.15) is 6.92 Å². The fourth-order valence-corrected chi connectivity index (χ4v) is 4.04. The number of hydrogen-bond acceptors (Lipinski definition) is 4. The zero-order chi connectivity index (χ0) is 20.9. The summed E-state index contributed by atoms with van der Waals surface area (Å²) < 4.78 is 24.9. The van der Waals surface area contributed by atoms with E-state index < -0.39 is 0 Å². The topological polar surface area (TPSA) is 46.5 Å². The molecule has 2 aromatic rings. The predicted molar refractivity (Wildman–Crippen MR) is 113 cm³/mol. The molecular formula is C23H29FN3O3+. The van der Waals surface area contributed by atoms with Crippen molar-refractivity contribution in [2.45, 2.75) is 13.0 Å². The first kappa shape index (κ1) is 20.5. The summed E-state index contributed by atoms with van der Waals surface area (Å²) in [6.45, 7) is 7.59. The number of rotatable bonds is 6. The SMILES string of the molecule is CCN(C[C@H]1COc2ccccc2O1)C(=O)C[NH+]1CCN(c2ccc(F)cc2)CC1. The Kier molecular flexibility index (Phi) is 6.38. The Bertz CT molecular complexity index is 853. The first-order valence-corrected chi connectivity index (χ1v) is 10.6. The summed E-state index contributed by atoms with van der Waals surface area (Å²) in [6.07, 6.45) is -0.158. The van der Waals surface area contributed by atoms with E-state index in [0.717, 1.165) is 43.4 Å². The van der Waals surface area contributed by atoms with Crippen LogP contribution < -0.4 is 19.3 Å². The van der Waals surface area contributed by atoms with E-state index in [1.807, 2.05) is 48.2 Å². The molecular weight excluding hydrogens is 385 g/mol. The number of quaternary nitrogens is 1. The van der Waals surface area contributed by atoms with E-state index in [9.17, 15) is 9.18 Å². The van der Waals surface area contributed by atoms with Gasteiger partial charge in [-0.3, -0.25) is 4.79 Å². The van der Waals surface area contributed by atoms with Crippen molar-refractivity contribution in [3.63, 3.8) is 0 Å². The molecule has 2 heterocycles. The van der Waals surface area contributed by atoms with Crippen LogP contribution in [-0.2, 0) is 4.79 Å². The number of amides is 1. The first-order chi connectivity index (χ1) is 14.6. The molecule has 1 fully saturated rings. The van der Waals surface area contributed by atoms with E-state index >= 15 is 0 Å². The van der Waals surface area contributed by atoms with Gasteiger partial charge in [0.05, 0.1) is 32.7 Å². The zero-order valence-electron chi connectivity index (χ0n) is 17.4. The maximum atomic E-state index is 13.1. The second kappa shape index (κ2) is 9.34. The smallest absolute Gasteiger partial charge is 0.277 e. The summed E-state index contributed by atoms with van der Waals surface area (Å²) in [5.74, 6) is 1.42. The molecule has 0 radical (unpaired) electrons. The van der Waals surface area contributed by atoms with Crippen LogP contribution in [-0.4, -0.2) is 69.3 Å². The average Bonchev–Trinajstić information content (AvgIpc) is 2.78. The van der Waals surface area contributed by atoms with Crippen LogP contribution >= 0.6 is 0 Å². The van der Waals surface area contributed by atoms with Crippen LogP contribution in [0.25, 0.3) is 0 Å². The fraction of sp³-hybridized carbons (Fsp3) is 0.435. The zero-order valence-corrected chi connectivity index (χ0v) is 17.4. The largest absolute Gasteiger partial charge is 0.486 e. The number of piperazine rings is 1. The van der Waals surface area contributed by atoms with Crippen molar-refractivity contribution in [3.05, 3.63) is 54.3 Å². The van der Waals surface area contributed by atoms with Crippen LogP contribution in [0, 0.1) is 5.82 Å². The highest BCUT2D eigenvalue weighted by atomic mass is 19.1. The number of para-hydroxylation sites is 2. The molecule has 1 saturated heterocycles. The van der Waals surface area contributed by atoms with Crippen LogP contribution in [0.4, 0.5) is 10.1 Å². The fourth-order valence-electron chi connectivity index (χ4n) is 4.04. The molecule has 2 aliphatic rings. The van der Waals surface area contributed by atoms with Gasteiger partial charge in [-0.2, -0.15) is 0 Å². The molecule has 2 aliphatic heterocycles. The Morgan fingerprint density at radius 1 is 1.13 bits per heavy atom. The van der Waals surface area contributed by atoms with E-state index in [4.69, 9.17) is 9.47 Å². The van der Waals surface area contributed by atoms with Gasteiger partial charge in [0.2, 0.25) is 0 Å². The van der Waals surface area contributed by atoms with Gasteiger partial charge in [0.25, 0.3) is 5.91 Å². The van der Waals surface area contributed by atoms with E-state index in [1.165, 1.54) is 17.0 Å². The number of nitrogens with zero attached hydrogens (tertiary/aromatic N) is 2. The quantitative estimate of drug-likeness (QED) is 0.772. The number of hydrogen-bond donors (Lipinski definition) is 1. The molecule has 1 atom stereocenters. The summed E-state index contributed by atoms with van der Waals surface area (Å²) in [5.41, 5.74) is 1.03. The Morgan fingerprint density at radius 3 is 2.53 bits per heavy atom. The van der Waals surface area contributed by atoms with Gasteiger partial charge in [-0.25, -0.2) is 4.39 Å². The van der Waals surface area contributed by atoms with Crippen LogP contribution in [0.3, 0.4) is 0 Å². The maximum absolute atomic E-state index is 13.1. The Labute approximate surface area is 176 Å². The molecule has 7 heteroatoms. The molecule has 0 aliphatic carbocycles. The molecule has 0 unspecified atom stereocenters. The minimum Gasteiger partial charge on any atom is -0.486 e. The number of halogens is 1. The van der Waals surface area contributed by atoms with Crippen molar-refractivity contribution in [3.8, 4) is 11.5 Å². The van der Waals surface area contributed by atoms with E-state index in [2.05, 4.69) is 4.90 Å². The molecule has 1 N–H and O–H groups in total. The van der Waals surface area contributed by atoms with Gasteiger partial charge in [-0.1, -0.05) is 12.1 Å². The Balaban J connectivity index is 1.26. The minimum absolute atomic E-state index is 0.144. The molecule has 0 aromatic heterocycles. The van der Waals surface area contributed by atoms with Gasteiger partial charge in [0, 0.05) is 12.2 Å². The number of benzene rings is 2. The van der Waals surface area contributed by atoms with Crippen molar-refractivity contribution >= 4 is 11.6 Å². The van der Waals surface area contributed by atoms with Gasteiger partial charge in [-0.15, -0.1) is 0 Å². The molecule has 0 saturated carbocycles. The summed E-state index contributed by atoms with van der Waals surface area (Å²) >= 11 is 0. The second-order valence-corrected chi connectivity index (χ2v) is 7.82. The van der Waals surface area contributed by atoms with Gasteiger partial charge < -0.3 is 24.2 Å². The number of anilines is 1. The molecule has 4 rings (SSSR count). The van der Waals surface area contributed by atoms with E-state index in [1.54, 1.807) is 0 Å². The summed E-state index contributed by atoms with van der Waals surface area (Å²) in [5, 5.41) is 0. The third-order valence-corrected chi connectivity index (χ3v) is 5.79. The molecule has 6 nitrogen and oxygen atoms in total. The van der Waals surface area contributed by atoms with Crippen LogP contribution in [0.5, 0.6) is 11.5 Å². The first-order valence-electron chi connectivity index (χ1n) is 10.6. The standard InChI is InChI=1S/C23H28FN3O3/c1-2-26(15-20-17-29-21-5-3-4-6-22(21)30-20)23(28)16-25-11-13-27(14-12-25)19-9-7-18(24)8-10-19/h3-10,20H,2,11-17H2,1H3/p+1/t20-/m0/s1. The number of fused-ring (bicyclic) bond motifs is 1. The van der Waals surface area contributed by atoms with Crippen molar-refractivity contribution in [1.82, 2.24) is 4.90 Å². The van der Waals surface area contributed by atoms with Crippen LogP contribution in [0.2, 0.25) is 0 Å². The van der Waals surface area contributed by atoms with E-state index in [0.29, 0.717) is 26.2 Å². The lowest BCUT2D eigenvalue weighted by atomic mass is 10.2. The molecule has 30 heavy (non-hydrogen) atoms. The minimum atomic E-state index is -0.218. The van der Waals surface area contributed by atoms with Gasteiger partial charge in [0.1, 0.15) is 12.4 Å². The molecule has 0 bridgehead atoms. The monoisotopic (exact) mass is 414 g/mol. The highest BCUT2D eigenvalue weighted by Gasteiger charge is 2.28. The molecule has 2 aromatic carbocycles. The number of nitrogens with one attached hydrogen (secondary N) is 1. The summed E-state index contributed by atoms with van der Waals surface area (Å²) in [4.78, 5) is 18.3.